The highest BCUT2D eigenvalue weighted by atomic mass is 32.1. The molecule has 0 N–H and O–H groups in total. The van der Waals surface area contributed by atoms with Gasteiger partial charge in [0.25, 0.3) is 0 Å². The standard InChI is InChI=1S/C42H50F8S2/c1-3-5-7-9-11-13-15-17-19-21-23-25-27-29-31(43)33(45)35(47)37(49)41(29)52-40(27)26(24-22-20-18-16-14-12-10-8-6-4-2)28-30-32(44)34(46)36(48)38(50)42(30)51-39(25)28/h3-24H2,1-2H3. The normalized spacial score (nSPS) is 12.2. The third-order valence-electron chi connectivity index (χ3n) is 10.5. The predicted molar refractivity (Wildman–Crippen MR) is 203 cm³/mol. The maximum absolute atomic E-state index is 15.7. The van der Waals surface area contributed by atoms with Crippen LogP contribution in [0.5, 0.6) is 0 Å². The maximum Gasteiger partial charge on any atom is 0.198 e. The lowest BCUT2D eigenvalue weighted by Crippen LogP contribution is -1.99. The topological polar surface area (TPSA) is 0 Å². The van der Waals surface area contributed by atoms with Gasteiger partial charge in [-0.15, -0.1) is 22.7 Å². The van der Waals surface area contributed by atoms with Gasteiger partial charge in [-0.05, 0) is 36.8 Å². The molecule has 286 valence electrons. The summed E-state index contributed by atoms with van der Waals surface area (Å²) in [5, 5.41) is -0.427. The molecule has 0 bridgehead atoms. The van der Waals surface area contributed by atoms with E-state index in [1.165, 1.54) is 51.4 Å². The van der Waals surface area contributed by atoms with E-state index in [0.717, 1.165) is 86.9 Å². The Morgan fingerprint density at radius 3 is 0.865 bits per heavy atom. The van der Waals surface area contributed by atoms with Crippen LogP contribution >= 0.6 is 22.7 Å². The zero-order valence-electron chi connectivity index (χ0n) is 30.4. The highest BCUT2D eigenvalue weighted by Crippen LogP contribution is 2.51. The van der Waals surface area contributed by atoms with Gasteiger partial charge in [0.15, 0.2) is 46.5 Å². The molecule has 0 radical (unpaired) electrons. The molecule has 5 rings (SSSR count). The fraction of sp³-hybridized carbons (Fsp3) is 0.571. The number of rotatable bonds is 22. The van der Waals surface area contributed by atoms with Crippen LogP contribution in [0.15, 0.2) is 0 Å². The van der Waals surface area contributed by atoms with Crippen molar-refractivity contribution in [2.24, 2.45) is 0 Å². The van der Waals surface area contributed by atoms with Gasteiger partial charge in [-0.3, -0.25) is 0 Å². The van der Waals surface area contributed by atoms with E-state index in [2.05, 4.69) is 13.8 Å². The van der Waals surface area contributed by atoms with Gasteiger partial charge < -0.3 is 0 Å². The van der Waals surface area contributed by atoms with Gasteiger partial charge >= 0.3 is 0 Å². The van der Waals surface area contributed by atoms with Crippen LogP contribution in [0.2, 0.25) is 0 Å². The molecule has 2 heterocycles. The molecule has 10 heteroatoms. The fourth-order valence-electron chi connectivity index (χ4n) is 7.68. The number of hydrogen-bond acceptors (Lipinski definition) is 2. The average Bonchev–Trinajstić information content (AvgIpc) is 3.74. The summed E-state index contributed by atoms with van der Waals surface area (Å²) in [6, 6.07) is 0. The van der Waals surface area contributed by atoms with Gasteiger partial charge in [0, 0.05) is 30.9 Å². The van der Waals surface area contributed by atoms with E-state index in [1.807, 2.05) is 0 Å². The molecule has 0 nitrogen and oxygen atoms in total. The van der Waals surface area contributed by atoms with E-state index < -0.39 is 66.7 Å². The van der Waals surface area contributed by atoms with E-state index in [4.69, 9.17) is 0 Å². The van der Waals surface area contributed by atoms with E-state index in [9.17, 15) is 17.6 Å². The minimum absolute atomic E-state index is 0.189. The first kappa shape index (κ1) is 40.7. The summed E-state index contributed by atoms with van der Waals surface area (Å²) in [4.78, 5) is 0. The number of aryl methyl sites for hydroxylation is 2. The lowest BCUT2D eigenvalue weighted by molar-refractivity contribution is 0.419. The zero-order chi connectivity index (χ0) is 37.4. The zero-order valence-corrected chi connectivity index (χ0v) is 32.0. The first-order valence-electron chi connectivity index (χ1n) is 19.4. The smallest absolute Gasteiger partial charge is 0.198 e. The van der Waals surface area contributed by atoms with Crippen LogP contribution in [0.25, 0.3) is 40.3 Å². The molecule has 0 atom stereocenters. The van der Waals surface area contributed by atoms with E-state index in [0.29, 0.717) is 33.4 Å². The van der Waals surface area contributed by atoms with Crippen molar-refractivity contribution in [2.45, 2.75) is 155 Å². The number of fused-ring (bicyclic) bond motifs is 6. The second-order valence-corrected chi connectivity index (χ2v) is 16.4. The first-order valence-corrected chi connectivity index (χ1v) is 21.1. The molecule has 5 aromatic rings. The molecular formula is C42H50F8S2. The molecule has 2 aromatic heterocycles. The summed E-state index contributed by atoms with van der Waals surface area (Å²) in [6.07, 6.45) is 21.4. The van der Waals surface area contributed by atoms with Gasteiger partial charge in [0.2, 0.25) is 0 Å². The molecular weight excluding hydrogens is 721 g/mol. The second-order valence-electron chi connectivity index (χ2n) is 14.4. The van der Waals surface area contributed by atoms with Gasteiger partial charge in [-0.2, -0.15) is 0 Å². The summed E-state index contributed by atoms with van der Waals surface area (Å²) in [6.45, 7) is 4.35. The SMILES string of the molecule is CCCCCCCCCCCCc1c2sc3c(F)c(F)c(F)c(F)c3c2c(CCCCCCCCCCCC)c2sc3c(F)c(F)c(F)c(F)c3c12. The minimum atomic E-state index is -1.93. The van der Waals surface area contributed by atoms with Crippen molar-refractivity contribution in [1.29, 1.82) is 0 Å². The van der Waals surface area contributed by atoms with Gasteiger partial charge in [0.05, 0.1) is 9.40 Å². The highest BCUT2D eigenvalue weighted by molar-refractivity contribution is 7.28. The first-order chi connectivity index (χ1) is 25.1. The van der Waals surface area contributed by atoms with Crippen LogP contribution < -0.4 is 0 Å². The highest BCUT2D eigenvalue weighted by Gasteiger charge is 2.31. The summed E-state index contributed by atoms with van der Waals surface area (Å²) < 4.78 is 121. The van der Waals surface area contributed by atoms with Crippen LogP contribution in [-0.4, -0.2) is 0 Å². The molecule has 0 unspecified atom stereocenters. The van der Waals surface area contributed by atoms with E-state index >= 15 is 17.6 Å². The monoisotopic (exact) mass is 770 g/mol. The molecule has 0 amide bonds. The Labute approximate surface area is 310 Å². The summed E-state index contributed by atoms with van der Waals surface area (Å²) >= 11 is 1.50. The van der Waals surface area contributed by atoms with Crippen molar-refractivity contribution < 1.29 is 35.1 Å². The maximum atomic E-state index is 15.7. The Bertz CT molecular complexity index is 1830. The number of halogens is 8. The third kappa shape index (κ3) is 8.58. The lowest BCUT2D eigenvalue weighted by atomic mass is 9.92. The molecule has 0 aliphatic heterocycles. The van der Waals surface area contributed by atoms with E-state index in [-0.39, 0.29) is 23.6 Å². The fourth-order valence-corrected chi connectivity index (χ4v) is 10.3. The van der Waals surface area contributed by atoms with Crippen molar-refractivity contribution in [3.8, 4) is 0 Å². The summed E-state index contributed by atoms with van der Waals surface area (Å²) in [5.41, 5.74) is 0.820. The Hall–Kier alpha value is -2.46. The van der Waals surface area contributed by atoms with Gasteiger partial charge in [-0.25, -0.2) is 35.1 Å². The van der Waals surface area contributed by atoms with Crippen LogP contribution in [0.1, 0.15) is 153 Å². The summed E-state index contributed by atoms with van der Waals surface area (Å²) in [7, 11) is 0. The Kier molecular flexibility index (Phi) is 15.1. The quantitative estimate of drug-likeness (QED) is 0.0285. The number of unbranched alkanes of at least 4 members (excludes halogenated alkanes) is 18. The number of hydrogen-bond donors (Lipinski definition) is 0. The van der Waals surface area contributed by atoms with Crippen LogP contribution in [0.4, 0.5) is 35.1 Å². The van der Waals surface area contributed by atoms with Crippen molar-refractivity contribution in [3.05, 3.63) is 57.7 Å². The van der Waals surface area contributed by atoms with Gasteiger partial charge in [0.1, 0.15) is 0 Å². The second kappa shape index (κ2) is 19.2. The Morgan fingerprint density at radius 2 is 0.558 bits per heavy atom. The molecule has 0 spiro atoms. The predicted octanol–water partition coefficient (Wildman–Crippen LogP) is 16.5. The largest absolute Gasteiger partial charge is 0.203 e. The van der Waals surface area contributed by atoms with Crippen molar-refractivity contribution in [3.63, 3.8) is 0 Å². The van der Waals surface area contributed by atoms with Crippen molar-refractivity contribution >= 4 is 63.0 Å². The summed E-state index contributed by atoms with van der Waals surface area (Å²) in [5.74, 6) is -13.8. The average molecular weight is 771 g/mol. The molecule has 52 heavy (non-hydrogen) atoms. The number of benzene rings is 3. The van der Waals surface area contributed by atoms with Crippen molar-refractivity contribution in [2.75, 3.05) is 0 Å². The van der Waals surface area contributed by atoms with Crippen LogP contribution in [-0.2, 0) is 12.8 Å². The molecule has 3 aromatic carbocycles. The third-order valence-corrected chi connectivity index (χ3v) is 13.0. The molecule has 0 aliphatic rings. The molecule has 0 fully saturated rings. The van der Waals surface area contributed by atoms with Crippen LogP contribution in [0, 0.1) is 46.5 Å². The molecule has 0 aliphatic carbocycles. The minimum Gasteiger partial charge on any atom is -0.203 e. The lowest BCUT2D eigenvalue weighted by Gasteiger charge is -2.13. The van der Waals surface area contributed by atoms with Gasteiger partial charge in [-0.1, -0.05) is 129 Å². The Balaban J connectivity index is 1.56. The number of thiophene rings is 2. The van der Waals surface area contributed by atoms with E-state index in [1.54, 1.807) is 0 Å². The Morgan fingerprint density at radius 1 is 0.288 bits per heavy atom. The van der Waals surface area contributed by atoms with Crippen molar-refractivity contribution in [1.82, 2.24) is 0 Å². The molecule has 0 saturated heterocycles. The van der Waals surface area contributed by atoms with Crippen LogP contribution in [0.3, 0.4) is 0 Å². The molecule has 0 saturated carbocycles.